The number of nitro benzene ring substituents is 1. The van der Waals surface area contributed by atoms with E-state index in [0.717, 1.165) is 48.9 Å². The Labute approximate surface area is 247 Å². The van der Waals surface area contributed by atoms with Crippen LogP contribution in [-0.4, -0.2) is 65.7 Å². The van der Waals surface area contributed by atoms with Crippen LogP contribution in [0.1, 0.15) is 36.2 Å². The van der Waals surface area contributed by atoms with Gasteiger partial charge in [-0.2, -0.15) is 4.37 Å². The monoisotopic (exact) mass is 592 g/mol. The van der Waals surface area contributed by atoms with Gasteiger partial charge >= 0.3 is 6.16 Å². The number of benzene rings is 2. The van der Waals surface area contributed by atoms with Crippen molar-refractivity contribution in [2.45, 2.75) is 26.3 Å². The molecule has 1 saturated heterocycles. The minimum Gasteiger partial charge on any atom is -0.495 e. The number of carbonyl (C=O) groups is 1. The molecule has 2 aromatic carbocycles. The van der Waals surface area contributed by atoms with Crippen molar-refractivity contribution >= 4 is 34.6 Å². The molecule has 1 atom stereocenters. The van der Waals surface area contributed by atoms with Crippen LogP contribution >= 0.6 is 11.5 Å². The number of piperazine rings is 1. The summed E-state index contributed by atoms with van der Waals surface area (Å²) in [5.74, 6) is 1.18. The number of anilines is 1. The predicted octanol–water partition coefficient (Wildman–Crippen LogP) is 4.91. The van der Waals surface area contributed by atoms with E-state index in [9.17, 15) is 14.9 Å². The van der Waals surface area contributed by atoms with Gasteiger partial charge in [-0.3, -0.25) is 15.0 Å². The Hall–Kier alpha value is -4.49. The normalized spacial score (nSPS) is 17.6. The second-order valence-electron chi connectivity index (χ2n) is 9.95. The van der Waals surface area contributed by atoms with Crippen LogP contribution in [0.5, 0.6) is 5.75 Å². The first-order valence-electron chi connectivity index (χ1n) is 13.4. The van der Waals surface area contributed by atoms with Crippen molar-refractivity contribution in [2.75, 3.05) is 45.3 Å². The summed E-state index contributed by atoms with van der Waals surface area (Å²) in [6.07, 6.45) is -0.884. The van der Waals surface area contributed by atoms with E-state index in [0.29, 0.717) is 28.6 Å². The average Bonchev–Trinajstić information content (AvgIpc) is 3.46. The summed E-state index contributed by atoms with van der Waals surface area (Å²) in [5.41, 5.74) is 3.71. The minimum absolute atomic E-state index is 0.0664. The maximum absolute atomic E-state index is 12.2. The fourth-order valence-corrected chi connectivity index (χ4v) is 6.13. The minimum atomic E-state index is -0.884. The number of hydrogen-bond acceptors (Lipinski definition) is 12. The van der Waals surface area contributed by atoms with Gasteiger partial charge in [-0.05, 0) is 43.1 Å². The quantitative estimate of drug-likeness (QED) is 0.217. The van der Waals surface area contributed by atoms with E-state index in [1.165, 1.54) is 30.8 Å². The lowest BCUT2D eigenvalue weighted by atomic mass is 9.85. The third-order valence-electron chi connectivity index (χ3n) is 7.34. The average molecular weight is 593 g/mol. The van der Waals surface area contributed by atoms with Gasteiger partial charge in [0.1, 0.15) is 16.5 Å². The number of para-hydroxylation sites is 2. The van der Waals surface area contributed by atoms with E-state index in [-0.39, 0.29) is 11.4 Å². The van der Waals surface area contributed by atoms with Crippen molar-refractivity contribution in [3.63, 3.8) is 0 Å². The van der Waals surface area contributed by atoms with Crippen LogP contribution in [0.15, 0.2) is 65.7 Å². The molecule has 1 aromatic heterocycles. The molecule has 2 aliphatic heterocycles. The number of dihydropyridines is 1. The lowest BCUT2D eigenvalue weighted by molar-refractivity contribution is -0.384. The standard InChI is InChI=1S/C29H32N6O6S/c1-18-25(26(20-8-7-9-21(16-20)35(37)38)27(19(2)30-18)41-29(36)40-4)28-31-24(32-42-28)17-33-12-14-34(15-13-33)22-10-5-6-11-23(22)39-3/h5-11,16,26,30H,12-15,17H2,1-4H3. The number of aromatic nitrogens is 2. The third kappa shape index (κ3) is 6.06. The molecule has 0 aliphatic carbocycles. The van der Waals surface area contributed by atoms with Gasteiger partial charge in [0.25, 0.3) is 5.69 Å². The number of allylic oxidation sites excluding steroid dienone is 3. The first-order chi connectivity index (χ1) is 20.3. The van der Waals surface area contributed by atoms with Crippen LogP contribution in [0.3, 0.4) is 0 Å². The Morgan fingerprint density at radius 2 is 1.86 bits per heavy atom. The molecular weight excluding hydrogens is 560 g/mol. The first-order valence-corrected chi connectivity index (χ1v) is 14.2. The molecule has 3 heterocycles. The third-order valence-corrected chi connectivity index (χ3v) is 8.12. The SMILES string of the molecule is COC(=O)OC1=C(C)NC(C)=C(c2nc(CN3CCN(c4ccccc4OC)CC3)ns2)C1c1cccc([N+](=O)[O-])c1. The topological polar surface area (TPSA) is 132 Å². The highest BCUT2D eigenvalue weighted by Gasteiger charge is 2.36. The van der Waals surface area contributed by atoms with Crippen LogP contribution < -0.4 is 15.0 Å². The summed E-state index contributed by atoms with van der Waals surface area (Å²) in [5, 5.41) is 15.5. The molecule has 1 fully saturated rings. The van der Waals surface area contributed by atoms with E-state index in [4.69, 9.17) is 19.2 Å². The fourth-order valence-electron chi connectivity index (χ4n) is 5.33. The van der Waals surface area contributed by atoms with Gasteiger partial charge in [0.05, 0.1) is 43.0 Å². The van der Waals surface area contributed by atoms with Gasteiger partial charge in [-0.25, -0.2) is 9.78 Å². The van der Waals surface area contributed by atoms with Gasteiger partial charge < -0.3 is 24.4 Å². The smallest absolute Gasteiger partial charge is 0.495 e. The van der Waals surface area contributed by atoms with Crippen molar-refractivity contribution in [3.8, 4) is 5.75 Å². The second-order valence-corrected chi connectivity index (χ2v) is 10.7. The zero-order valence-electron chi connectivity index (χ0n) is 23.8. The number of nitrogens with one attached hydrogen (secondary N) is 1. The number of nitro groups is 1. The molecule has 0 spiro atoms. The summed E-state index contributed by atoms with van der Waals surface area (Å²) in [7, 11) is 2.91. The highest BCUT2D eigenvalue weighted by molar-refractivity contribution is 7.06. The Balaban J connectivity index is 1.38. The molecule has 13 heteroatoms. The van der Waals surface area contributed by atoms with Crippen molar-refractivity contribution in [1.82, 2.24) is 19.6 Å². The van der Waals surface area contributed by atoms with Gasteiger partial charge in [-0.1, -0.05) is 24.3 Å². The molecule has 220 valence electrons. The summed E-state index contributed by atoms with van der Waals surface area (Å²) in [4.78, 5) is 32.8. The summed E-state index contributed by atoms with van der Waals surface area (Å²) >= 11 is 1.25. The van der Waals surface area contributed by atoms with E-state index in [1.807, 2.05) is 25.1 Å². The number of nitrogens with zero attached hydrogens (tertiary/aromatic N) is 5. The van der Waals surface area contributed by atoms with Crippen molar-refractivity contribution in [3.05, 3.63) is 92.2 Å². The van der Waals surface area contributed by atoms with Gasteiger partial charge in [0.15, 0.2) is 5.82 Å². The summed E-state index contributed by atoms with van der Waals surface area (Å²) in [6.45, 7) is 7.63. The maximum atomic E-state index is 12.2. The number of hydrogen-bond donors (Lipinski definition) is 1. The van der Waals surface area contributed by atoms with Crippen LogP contribution in [-0.2, 0) is 16.0 Å². The Morgan fingerprint density at radius 1 is 1.10 bits per heavy atom. The van der Waals surface area contributed by atoms with E-state index in [1.54, 1.807) is 26.2 Å². The molecule has 2 aliphatic rings. The molecule has 12 nitrogen and oxygen atoms in total. The highest BCUT2D eigenvalue weighted by atomic mass is 32.1. The zero-order valence-corrected chi connectivity index (χ0v) is 24.6. The molecule has 1 N–H and O–H groups in total. The molecule has 0 amide bonds. The lowest BCUT2D eigenvalue weighted by Crippen LogP contribution is -2.46. The largest absolute Gasteiger partial charge is 0.513 e. The predicted molar refractivity (Wildman–Crippen MR) is 158 cm³/mol. The zero-order chi connectivity index (χ0) is 29.8. The van der Waals surface area contributed by atoms with Crippen LogP contribution in [0, 0.1) is 10.1 Å². The number of rotatable bonds is 8. The van der Waals surface area contributed by atoms with Crippen molar-refractivity contribution < 1.29 is 23.9 Å². The van der Waals surface area contributed by atoms with E-state index in [2.05, 4.69) is 25.6 Å². The Bertz CT molecular complexity index is 1540. The molecule has 42 heavy (non-hydrogen) atoms. The Kier molecular flexibility index (Phi) is 8.69. The highest BCUT2D eigenvalue weighted by Crippen LogP contribution is 2.45. The van der Waals surface area contributed by atoms with E-state index < -0.39 is 17.0 Å². The first kappa shape index (κ1) is 29.0. The molecular formula is C29H32N6O6S. The molecule has 3 aromatic rings. The summed E-state index contributed by atoms with van der Waals surface area (Å²) < 4.78 is 20.6. The van der Waals surface area contributed by atoms with Crippen molar-refractivity contribution in [2.24, 2.45) is 0 Å². The lowest BCUT2D eigenvalue weighted by Gasteiger charge is -2.36. The number of non-ortho nitro benzene ring substituents is 1. The number of methoxy groups -OCH3 is 2. The van der Waals surface area contributed by atoms with Gasteiger partial charge in [0, 0.05) is 49.6 Å². The van der Waals surface area contributed by atoms with Crippen LogP contribution in [0.4, 0.5) is 16.2 Å². The molecule has 0 bridgehead atoms. The number of ether oxygens (including phenoxy) is 3. The second kappa shape index (κ2) is 12.6. The Morgan fingerprint density at radius 3 is 2.57 bits per heavy atom. The van der Waals surface area contributed by atoms with Crippen LogP contribution in [0.2, 0.25) is 0 Å². The van der Waals surface area contributed by atoms with Crippen LogP contribution in [0.25, 0.3) is 5.57 Å². The van der Waals surface area contributed by atoms with Gasteiger partial charge in [-0.15, -0.1) is 0 Å². The maximum Gasteiger partial charge on any atom is 0.513 e. The fraction of sp³-hybridized carbons (Fsp3) is 0.345. The summed E-state index contributed by atoms with van der Waals surface area (Å²) in [6, 6.07) is 14.3. The number of carbonyl (C=O) groups excluding carboxylic acids is 1. The van der Waals surface area contributed by atoms with E-state index >= 15 is 0 Å². The molecule has 5 rings (SSSR count). The molecule has 1 unspecified atom stereocenters. The molecule has 0 saturated carbocycles. The molecule has 0 radical (unpaired) electrons. The van der Waals surface area contributed by atoms with Gasteiger partial charge in [0.2, 0.25) is 0 Å². The van der Waals surface area contributed by atoms with Crippen molar-refractivity contribution in [1.29, 1.82) is 0 Å².